The van der Waals surface area contributed by atoms with E-state index in [-0.39, 0.29) is 22.3 Å². The average Bonchev–Trinajstić information content (AvgIpc) is 2.12. The average molecular weight is 265 g/mol. The minimum Gasteiger partial charge on any atom is -0.502 e. The Balaban J connectivity index is 3.81. The van der Waals surface area contributed by atoms with Crippen molar-refractivity contribution in [1.82, 2.24) is 0 Å². The lowest BCUT2D eigenvalue weighted by atomic mass is 9.77. The van der Waals surface area contributed by atoms with Crippen molar-refractivity contribution >= 4 is 5.69 Å². The van der Waals surface area contributed by atoms with Crippen LogP contribution >= 0.6 is 0 Å². The number of nitrogens with zero attached hydrogens (tertiary/aromatic N) is 1. The standard InChI is InChI=1S/C15H23NO3/c1-9-10(14(2,3)4)8-11(15(5,6)7)13(17)12(9)16(18)19/h8,17H,1-7H3. The van der Waals surface area contributed by atoms with Crippen molar-refractivity contribution in [2.45, 2.75) is 59.3 Å². The Kier molecular flexibility index (Phi) is 3.67. The van der Waals surface area contributed by atoms with Crippen LogP contribution in [-0.4, -0.2) is 10.0 Å². The molecule has 1 aromatic rings. The molecule has 0 saturated heterocycles. The molecular formula is C15H23NO3. The third-order valence-corrected chi connectivity index (χ3v) is 3.33. The van der Waals surface area contributed by atoms with Gasteiger partial charge in [-0.3, -0.25) is 10.1 Å². The molecule has 0 bridgehead atoms. The Hall–Kier alpha value is -1.58. The third-order valence-electron chi connectivity index (χ3n) is 3.33. The highest BCUT2D eigenvalue weighted by Crippen LogP contribution is 2.43. The fraction of sp³-hybridized carbons (Fsp3) is 0.600. The minimum absolute atomic E-state index is 0.169. The fourth-order valence-electron chi connectivity index (χ4n) is 2.33. The highest BCUT2D eigenvalue weighted by Gasteiger charge is 2.32. The molecule has 106 valence electrons. The number of benzene rings is 1. The first kappa shape index (κ1) is 15.5. The summed E-state index contributed by atoms with van der Waals surface area (Å²) >= 11 is 0. The Morgan fingerprint density at radius 1 is 1.05 bits per heavy atom. The van der Waals surface area contributed by atoms with Crippen molar-refractivity contribution in [2.24, 2.45) is 0 Å². The van der Waals surface area contributed by atoms with Gasteiger partial charge in [-0.05, 0) is 23.3 Å². The van der Waals surface area contributed by atoms with Gasteiger partial charge in [-0.2, -0.15) is 0 Å². The molecule has 0 heterocycles. The van der Waals surface area contributed by atoms with Crippen LogP contribution in [0.1, 0.15) is 58.2 Å². The van der Waals surface area contributed by atoms with Crippen molar-refractivity contribution < 1.29 is 10.0 Å². The summed E-state index contributed by atoms with van der Waals surface area (Å²) in [5.41, 5.74) is 1.35. The molecule has 1 N–H and O–H groups in total. The molecule has 0 saturated carbocycles. The summed E-state index contributed by atoms with van der Waals surface area (Å²) in [6, 6.07) is 1.90. The molecule has 1 rings (SSSR count). The van der Waals surface area contributed by atoms with E-state index in [1.54, 1.807) is 6.92 Å². The van der Waals surface area contributed by atoms with Crippen molar-refractivity contribution in [2.75, 3.05) is 0 Å². The van der Waals surface area contributed by atoms with E-state index in [9.17, 15) is 15.2 Å². The van der Waals surface area contributed by atoms with Gasteiger partial charge in [0.2, 0.25) is 0 Å². The molecular weight excluding hydrogens is 242 g/mol. The van der Waals surface area contributed by atoms with Gasteiger partial charge in [0.15, 0.2) is 5.75 Å². The van der Waals surface area contributed by atoms with Crippen LogP contribution in [-0.2, 0) is 10.8 Å². The van der Waals surface area contributed by atoms with Crippen LogP contribution in [0.15, 0.2) is 6.07 Å². The molecule has 4 nitrogen and oxygen atoms in total. The summed E-state index contributed by atoms with van der Waals surface area (Å²) in [7, 11) is 0. The molecule has 0 amide bonds. The number of hydrogen-bond donors (Lipinski definition) is 1. The van der Waals surface area contributed by atoms with Crippen LogP contribution in [0.4, 0.5) is 5.69 Å². The zero-order valence-corrected chi connectivity index (χ0v) is 12.8. The van der Waals surface area contributed by atoms with E-state index < -0.39 is 4.92 Å². The third kappa shape index (κ3) is 2.88. The van der Waals surface area contributed by atoms with E-state index >= 15 is 0 Å². The van der Waals surface area contributed by atoms with Gasteiger partial charge in [0.25, 0.3) is 0 Å². The maximum absolute atomic E-state index is 11.2. The van der Waals surface area contributed by atoms with E-state index in [0.29, 0.717) is 11.1 Å². The fourth-order valence-corrected chi connectivity index (χ4v) is 2.33. The summed E-state index contributed by atoms with van der Waals surface area (Å²) < 4.78 is 0. The van der Waals surface area contributed by atoms with Crippen LogP contribution in [0.3, 0.4) is 0 Å². The lowest BCUT2D eigenvalue weighted by molar-refractivity contribution is -0.386. The maximum atomic E-state index is 11.2. The van der Waals surface area contributed by atoms with Crippen LogP contribution in [0.2, 0.25) is 0 Å². The maximum Gasteiger partial charge on any atom is 0.314 e. The number of aromatic hydroxyl groups is 1. The Morgan fingerprint density at radius 2 is 1.47 bits per heavy atom. The quantitative estimate of drug-likeness (QED) is 0.611. The SMILES string of the molecule is Cc1c(C(C)(C)C)cc(C(C)(C)C)c(O)c1[N+](=O)[O-]. The molecule has 1 aromatic carbocycles. The van der Waals surface area contributed by atoms with Gasteiger partial charge in [-0.25, -0.2) is 0 Å². The number of nitro groups is 1. The summed E-state index contributed by atoms with van der Waals surface area (Å²) in [6.45, 7) is 13.6. The molecule has 19 heavy (non-hydrogen) atoms. The van der Waals surface area contributed by atoms with E-state index in [1.807, 2.05) is 47.6 Å². The molecule has 0 atom stereocenters. The second-order valence-corrected chi connectivity index (χ2v) is 7.05. The zero-order valence-electron chi connectivity index (χ0n) is 12.8. The monoisotopic (exact) mass is 265 g/mol. The molecule has 0 aromatic heterocycles. The van der Waals surface area contributed by atoms with E-state index in [4.69, 9.17) is 0 Å². The second kappa shape index (κ2) is 4.51. The van der Waals surface area contributed by atoms with Gasteiger partial charge in [0.1, 0.15) is 0 Å². The smallest absolute Gasteiger partial charge is 0.314 e. The Morgan fingerprint density at radius 3 is 1.79 bits per heavy atom. The Bertz CT molecular complexity index is 481. The molecule has 0 fully saturated rings. The second-order valence-electron chi connectivity index (χ2n) is 7.05. The van der Waals surface area contributed by atoms with E-state index in [2.05, 4.69) is 0 Å². The summed E-state index contributed by atoms with van der Waals surface area (Å²) in [4.78, 5) is 10.8. The number of rotatable bonds is 1. The van der Waals surface area contributed by atoms with Gasteiger partial charge >= 0.3 is 5.69 Å². The van der Waals surface area contributed by atoms with Crippen molar-refractivity contribution in [3.63, 3.8) is 0 Å². The molecule has 0 unspecified atom stereocenters. The number of phenolic OH excluding ortho intramolecular Hbond substituents is 1. The van der Waals surface area contributed by atoms with Crippen LogP contribution in [0.5, 0.6) is 5.75 Å². The Labute approximate surface area is 114 Å². The molecule has 0 radical (unpaired) electrons. The van der Waals surface area contributed by atoms with Crippen LogP contribution in [0.25, 0.3) is 0 Å². The van der Waals surface area contributed by atoms with Gasteiger partial charge in [-0.15, -0.1) is 0 Å². The van der Waals surface area contributed by atoms with E-state index in [1.165, 1.54) is 0 Å². The number of hydrogen-bond acceptors (Lipinski definition) is 3. The minimum atomic E-state index is -0.491. The largest absolute Gasteiger partial charge is 0.502 e. The predicted molar refractivity (Wildman–Crippen MR) is 76.9 cm³/mol. The van der Waals surface area contributed by atoms with Crippen molar-refractivity contribution in [1.29, 1.82) is 0 Å². The van der Waals surface area contributed by atoms with Gasteiger partial charge in [-0.1, -0.05) is 47.6 Å². The van der Waals surface area contributed by atoms with E-state index in [0.717, 1.165) is 5.56 Å². The number of phenols is 1. The summed E-state index contributed by atoms with van der Waals surface area (Å²) in [6.07, 6.45) is 0. The first-order valence-corrected chi connectivity index (χ1v) is 6.39. The molecule has 0 aliphatic rings. The molecule has 4 heteroatoms. The van der Waals surface area contributed by atoms with Crippen molar-refractivity contribution in [3.8, 4) is 5.75 Å². The predicted octanol–water partition coefficient (Wildman–Crippen LogP) is 4.20. The highest BCUT2D eigenvalue weighted by atomic mass is 16.6. The molecule has 0 spiro atoms. The first-order chi connectivity index (χ1) is 8.37. The first-order valence-electron chi connectivity index (χ1n) is 6.39. The van der Waals surface area contributed by atoms with Gasteiger partial charge < -0.3 is 5.11 Å². The topological polar surface area (TPSA) is 63.4 Å². The molecule has 0 aliphatic heterocycles. The van der Waals surface area contributed by atoms with Crippen LogP contribution in [0, 0.1) is 17.0 Å². The lowest BCUT2D eigenvalue weighted by Crippen LogP contribution is -2.19. The van der Waals surface area contributed by atoms with Gasteiger partial charge in [0, 0.05) is 11.1 Å². The lowest BCUT2D eigenvalue weighted by Gasteiger charge is -2.27. The highest BCUT2D eigenvalue weighted by molar-refractivity contribution is 5.62. The van der Waals surface area contributed by atoms with Crippen LogP contribution < -0.4 is 0 Å². The summed E-state index contributed by atoms with van der Waals surface area (Å²) in [5.74, 6) is -0.206. The summed E-state index contributed by atoms with van der Waals surface area (Å²) in [5, 5.41) is 21.5. The van der Waals surface area contributed by atoms with Gasteiger partial charge in [0.05, 0.1) is 4.92 Å². The molecule has 0 aliphatic carbocycles. The zero-order chi connectivity index (χ0) is 15.2. The van der Waals surface area contributed by atoms with Crippen molar-refractivity contribution in [3.05, 3.63) is 32.9 Å². The number of nitro benzene ring substituents is 1. The normalized spacial score (nSPS) is 12.6.